The molecule has 1 heterocycles. The van der Waals surface area contributed by atoms with Crippen molar-refractivity contribution in [3.05, 3.63) is 23.7 Å². The van der Waals surface area contributed by atoms with Crippen molar-refractivity contribution in [2.24, 2.45) is 5.92 Å². The van der Waals surface area contributed by atoms with Crippen molar-refractivity contribution in [1.29, 1.82) is 0 Å². The van der Waals surface area contributed by atoms with Gasteiger partial charge in [-0.1, -0.05) is 26.2 Å². The molecule has 0 aromatic carbocycles. The van der Waals surface area contributed by atoms with E-state index in [0.717, 1.165) is 18.2 Å². The van der Waals surface area contributed by atoms with Crippen LogP contribution in [0, 0.1) is 5.92 Å². The van der Waals surface area contributed by atoms with Crippen LogP contribution in [0.3, 0.4) is 0 Å². The molecule has 0 aliphatic heterocycles. The van der Waals surface area contributed by atoms with E-state index in [2.05, 4.69) is 33.0 Å². The van der Waals surface area contributed by atoms with Crippen molar-refractivity contribution >= 4 is 0 Å². The van der Waals surface area contributed by atoms with E-state index in [-0.39, 0.29) is 5.54 Å². The monoisotopic (exact) mass is 293 g/mol. The first kappa shape index (κ1) is 16.6. The van der Waals surface area contributed by atoms with Gasteiger partial charge in [0.2, 0.25) is 0 Å². The van der Waals surface area contributed by atoms with Gasteiger partial charge in [-0.15, -0.1) is 0 Å². The summed E-state index contributed by atoms with van der Waals surface area (Å²) >= 11 is 0. The lowest BCUT2D eigenvalue weighted by Crippen LogP contribution is -2.35. The van der Waals surface area contributed by atoms with Gasteiger partial charge in [0, 0.05) is 11.1 Å². The van der Waals surface area contributed by atoms with E-state index in [9.17, 15) is 0 Å². The first-order valence-electron chi connectivity index (χ1n) is 8.41. The second-order valence-corrected chi connectivity index (χ2v) is 7.27. The Morgan fingerprint density at radius 1 is 1.29 bits per heavy atom. The molecule has 120 valence electrons. The quantitative estimate of drug-likeness (QED) is 0.828. The maximum absolute atomic E-state index is 6.22. The van der Waals surface area contributed by atoms with Gasteiger partial charge >= 0.3 is 0 Å². The number of furan rings is 1. The van der Waals surface area contributed by atoms with E-state index in [4.69, 9.17) is 9.15 Å². The second-order valence-electron chi connectivity index (χ2n) is 7.27. The topological polar surface area (TPSA) is 34.4 Å². The molecule has 0 saturated heterocycles. The SMILES string of the molecule is CCC1CCCCC1OCc1ccoc1CNC(C)(C)C. The van der Waals surface area contributed by atoms with E-state index < -0.39 is 0 Å². The summed E-state index contributed by atoms with van der Waals surface area (Å²) in [5.74, 6) is 1.75. The number of hydrogen-bond donors (Lipinski definition) is 1. The normalized spacial score (nSPS) is 23.4. The molecule has 1 N–H and O–H groups in total. The average molecular weight is 293 g/mol. The molecule has 2 atom stereocenters. The fourth-order valence-electron chi connectivity index (χ4n) is 3.05. The minimum atomic E-state index is 0.0988. The van der Waals surface area contributed by atoms with Crippen LogP contribution in [0.2, 0.25) is 0 Å². The number of ether oxygens (including phenoxy) is 1. The molecule has 1 aliphatic rings. The number of nitrogens with one attached hydrogen (secondary N) is 1. The third-order valence-electron chi connectivity index (χ3n) is 4.43. The summed E-state index contributed by atoms with van der Waals surface area (Å²) in [5, 5.41) is 3.47. The van der Waals surface area contributed by atoms with Crippen LogP contribution in [0.4, 0.5) is 0 Å². The van der Waals surface area contributed by atoms with E-state index in [1.807, 2.05) is 6.07 Å². The Kier molecular flexibility index (Phi) is 5.88. The summed E-state index contributed by atoms with van der Waals surface area (Å²) in [6.07, 6.45) is 8.65. The molecule has 1 aromatic rings. The molecular formula is C18H31NO2. The molecule has 3 heteroatoms. The van der Waals surface area contributed by atoms with Crippen molar-refractivity contribution in [3.63, 3.8) is 0 Å². The van der Waals surface area contributed by atoms with Gasteiger partial charge in [-0.05, 0) is 45.6 Å². The van der Waals surface area contributed by atoms with Crippen LogP contribution in [-0.4, -0.2) is 11.6 Å². The summed E-state index contributed by atoms with van der Waals surface area (Å²) in [6, 6.07) is 2.05. The lowest BCUT2D eigenvalue weighted by atomic mass is 9.85. The highest BCUT2D eigenvalue weighted by molar-refractivity contribution is 5.16. The predicted octanol–water partition coefficient (Wildman–Crippen LogP) is 4.65. The largest absolute Gasteiger partial charge is 0.468 e. The fourth-order valence-corrected chi connectivity index (χ4v) is 3.05. The highest BCUT2D eigenvalue weighted by atomic mass is 16.5. The van der Waals surface area contributed by atoms with Crippen LogP contribution in [0.1, 0.15) is 71.1 Å². The smallest absolute Gasteiger partial charge is 0.123 e. The van der Waals surface area contributed by atoms with Crippen molar-refractivity contribution < 1.29 is 9.15 Å². The van der Waals surface area contributed by atoms with Crippen LogP contribution < -0.4 is 5.32 Å². The number of rotatable bonds is 6. The molecule has 1 saturated carbocycles. The molecule has 2 unspecified atom stereocenters. The Morgan fingerprint density at radius 2 is 2.05 bits per heavy atom. The molecule has 1 aromatic heterocycles. The summed E-state index contributed by atoms with van der Waals surface area (Å²) in [5.41, 5.74) is 1.29. The molecule has 0 amide bonds. The van der Waals surface area contributed by atoms with E-state index in [1.54, 1.807) is 6.26 Å². The highest BCUT2D eigenvalue weighted by Gasteiger charge is 2.24. The number of hydrogen-bond acceptors (Lipinski definition) is 3. The summed E-state index contributed by atoms with van der Waals surface area (Å²) in [6.45, 7) is 10.2. The van der Waals surface area contributed by atoms with E-state index in [0.29, 0.717) is 12.7 Å². The summed E-state index contributed by atoms with van der Waals surface area (Å²) in [4.78, 5) is 0. The predicted molar refractivity (Wildman–Crippen MR) is 86.1 cm³/mol. The molecule has 0 spiro atoms. The van der Waals surface area contributed by atoms with E-state index >= 15 is 0 Å². The second kappa shape index (κ2) is 7.46. The first-order valence-corrected chi connectivity index (χ1v) is 8.41. The zero-order valence-corrected chi connectivity index (χ0v) is 14.1. The lowest BCUT2D eigenvalue weighted by Gasteiger charge is -2.30. The molecule has 0 bridgehead atoms. The van der Waals surface area contributed by atoms with Gasteiger partial charge in [-0.25, -0.2) is 0 Å². The van der Waals surface area contributed by atoms with Crippen molar-refractivity contribution in [2.75, 3.05) is 0 Å². The maximum atomic E-state index is 6.22. The Labute approximate surface area is 129 Å². The van der Waals surface area contributed by atoms with Gasteiger partial charge in [-0.2, -0.15) is 0 Å². The molecule has 21 heavy (non-hydrogen) atoms. The zero-order chi connectivity index (χ0) is 15.3. The van der Waals surface area contributed by atoms with Gasteiger partial charge in [0.15, 0.2) is 0 Å². The van der Waals surface area contributed by atoms with Gasteiger partial charge in [0.1, 0.15) is 5.76 Å². The summed E-state index contributed by atoms with van der Waals surface area (Å²) in [7, 11) is 0. The highest BCUT2D eigenvalue weighted by Crippen LogP contribution is 2.30. The first-order chi connectivity index (χ1) is 9.99. The molecule has 3 nitrogen and oxygen atoms in total. The van der Waals surface area contributed by atoms with Gasteiger partial charge in [-0.3, -0.25) is 0 Å². The Morgan fingerprint density at radius 3 is 2.76 bits per heavy atom. The Hall–Kier alpha value is -0.800. The zero-order valence-electron chi connectivity index (χ0n) is 14.1. The maximum Gasteiger partial charge on any atom is 0.123 e. The molecular weight excluding hydrogens is 262 g/mol. The van der Waals surface area contributed by atoms with Crippen molar-refractivity contribution in [1.82, 2.24) is 5.32 Å². The minimum Gasteiger partial charge on any atom is -0.468 e. The molecule has 2 rings (SSSR count). The third kappa shape index (κ3) is 5.15. The summed E-state index contributed by atoms with van der Waals surface area (Å²) < 4.78 is 11.8. The minimum absolute atomic E-state index is 0.0988. The standard InChI is InChI=1S/C18H31NO2/c1-5-14-8-6-7-9-16(14)21-13-15-10-11-20-17(15)12-19-18(2,3)4/h10-11,14,16,19H,5-9,12-13H2,1-4H3. The van der Waals surface area contributed by atoms with Gasteiger partial charge < -0.3 is 14.5 Å². The van der Waals surface area contributed by atoms with Gasteiger partial charge in [0.05, 0.1) is 25.5 Å². The van der Waals surface area contributed by atoms with E-state index in [1.165, 1.54) is 37.7 Å². The third-order valence-corrected chi connectivity index (χ3v) is 4.43. The van der Waals surface area contributed by atoms with Crippen LogP contribution in [0.15, 0.2) is 16.7 Å². The van der Waals surface area contributed by atoms with Crippen molar-refractivity contribution in [3.8, 4) is 0 Å². The lowest BCUT2D eigenvalue weighted by molar-refractivity contribution is -0.0227. The van der Waals surface area contributed by atoms with Crippen LogP contribution >= 0.6 is 0 Å². The molecule has 1 aliphatic carbocycles. The Balaban J connectivity index is 1.87. The Bertz CT molecular complexity index is 419. The molecule has 1 fully saturated rings. The van der Waals surface area contributed by atoms with Gasteiger partial charge in [0.25, 0.3) is 0 Å². The molecule has 0 radical (unpaired) electrons. The van der Waals surface area contributed by atoms with Crippen LogP contribution in [0.25, 0.3) is 0 Å². The van der Waals surface area contributed by atoms with Crippen LogP contribution in [-0.2, 0) is 17.9 Å². The fraction of sp³-hybridized carbons (Fsp3) is 0.778. The van der Waals surface area contributed by atoms with Crippen molar-refractivity contribution in [2.45, 2.75) is 84.6 Å². The van der Waals surface area contributed by atoms with Crippen LogP contribution in [0.5, 0.6) is 0 Å². The average Bonchev–Trinajstić information content (AvgIpc) is 2.90.